The van der Waals surface area contributed by atoms with E-state index < -0.39 is 0 Å². The van der Waals surface area contributed by atoms with Crippen molar-refractivity contribution >= 4 is 17.5 Å². The highest BCUT2D eigenvalue weighted by Crippen LogP contribution is 2.24. The Hall–Kier alpha value is -1.16. The van der Waals surface area contributed by atoms with Crippen LogP contribution in [0.2, 0.25) is 0 Å². The number of hydrogen-bond acceptors (Lipinski definition) is 3. The molecule has 0 aromatic carbocycles. The Labute approximate surface area is 112 Å². The van der Waals surface area contributed by atoms with Gasteiger partial charge in [-0.05, 0) is 38.7 Å². The molecule has 2 atom stereocenters. The lowest BCUT2D eigenvalue weighted by Crippen LogP contribution is -2.38. The zero-order chi connectivity index (χ0) is 13.1. The summed E-state index contributed by atoms with van der Waals surface area (Å²) in [5.41, 5.74) is 2.12. The zero-order valence-corrected chi connectivity index (χ0v) is 11.5. The van der Waals surface area contributed by atoms with E-state index in [1.54, 1.807) is 6.07 Å². The van der Waals surface area contributed by atoms with Gasteiger partial charge in [0.1, 0.15) is 0 Å². The van der Waals surface area contributed by atoms with Gasteiger partial charge in [-0.25, -0.2) is 0 Å². The van der Waals surface area contributed by atoms with Gasteiger partial charge in [-0.3, -0.25) is 4.79 Å². The lowest BCUT2D eigenvalue weighted by molar-refractivity contribution is 0.0936. The molecule has 0 aliphatic heterocycles. The second-order valence-corrected chi connectivity index (χ2v) is 5.29. The molecule has 1 saturated carbocycles. The molecule has 5 heteroatoms. The second-order valence-electron chi connectivity index (χ2n) is 4.73. The van der Waals surface area contributed by atoms with Gasteiger partial charge in [-0.1, -0.05) is 6.92 Å². The Morgan fingerprint density at radius 2 is 2.28 bits per heavy atom. The molecule has 1 heterocycles. The van der Waals surface area contributed by atoms with Crippen molar-refractivity contribution in [3.63, 3.8) is 0 Å². The average Bonchev–Trinajstić information content (AvgIpc) is 2.75. The average molecular weight is 268 g/mol. The minimum Gasteiger partial charge on any atom is -0.348 e. The van der Waals surface area contributed by atoms with Crippen molar-refractivity contribution in [3.8, 4) is 0 Å². The number of aryl methyl sites for hydroxylation is 2. The third-order valence-electron chi connectivity index (χ3n) is 3.32. The number of nitrogens with one attached hydrogen (secondary N) is 1. The number of alkyl halides is 1. The standard InChI is InChI=1S/C13H18ClN3O/c1-3-11-9(7-8(2)16-17-11)13(18)15-12-6-4-5-10(12)14/h7,10,12H,3-6H2,1-2H3,(H,15,18). The Morgan fingerprint density at radius 3 is 2.89 bits per heavy atom. The highest BCUT2D eigenvalue weighted by molar-refractivity contribution is 6.21. The summed E-state index contributed by atoms with van der Waals surface area (Å²) < 4.78 is 0. The molecule has 1 N–H and O–H groups in total. The first-order valence-corrected chi connectivity index (χ1v) is 6.83. The number of halogens is 1. The molecule has 18 heavy (non-hydrogen) atoms. The van der Waals surface area contributed by atoms with Crippen molar-refractivity contribution in [2.45, 2.75) is 50.9 Å². The molecule has 0 spiro atoms. The van der Waals surface area contributed by atoms with E-state index in [-0.39, 0.29) is 17.3 Å². The number of rotatable bonds is 3. The van der Waals surface area contributed by atoms with Crippen molar-refractivity contribution in [1.29, 1.82) is 0 Å². The third-order valence-corrected chi connectivity index (χ3v) is 3.84. The molecule has 0 radical (unpaired) electrons. The van der Waals surface area contributed by atoms with E-state index in [0.29, 0.717) is 12.0 Å². The molecular weight excluding hydrogens is 250 g/mol. The largest absolute Gasteiger partial charge is 0.348 e. The summed E-state index contributed by atoms with van der Waals surface area (Å²) in [7, 11) is 0. The molecule has 2 rings (SSSR count). The molecule has 1 aliphatic carbocycles. The molecule has 1 fully saturated rings. The van der Waals surface area contributed by atoms with E-state index in [9.17, 15) is 4.79 Å². The minimum absolute atomic E-state index is 0.0509. The summed E-state index contributed by atoms with van der Waals surface area (Å²) in [6, 6.07) is 1.87. The van der Waals surface area contributed by atoms with E-state index in [1.165, 1.54) is 0 Å². The number of aromatic nitrogens is 2. The summed E-state index contributed by atoms with van der Waals surface area (Å²) in [5, 5.41) is 11.1. The first-order chi connectivity index (χ1) is 8.61. The van der Waals surface area contributed by atoms with E-state index in [2.05, 4.69) is 15.5 Å². The SMILES string of the molecule is CCc1nnc(C)cc1C(=O)NC1CCCC1Cl. The van der Waals surface area contributed by atoms with Gasteiger partial charge in [-0.2, -0.15) is 10.2 Å². The van der Waals surface area contributed by atoms with Crippen LogP contribution in [0.15, 0.2) is 6.07 Å². The monoisotopic (exact) mass is 267 g/mol. The van der Waals surface area contributed by atoms with E-state index in [1.807, 2.05) is 13.8 Å². The summed E-state index contributed by atoms with van der Waals surface area (Å²) >= 11 is 6.17. The summed E-state index contributed by atoms with van der Waals surface area (Å²) in [6.07, 6.45) is 3.71. The topological polar surface area (TPSA) is 54.9 Å². The first kappa shape index (κ1) is 13.3. The normalized spacial score (nSPS) is 23.1. The van der Waals surface area contributed by atoms with Gasteiger partial charge in [0.25, 0.3) is 5.91 Å². The molecule has 1 aliphatic rings. The molecule has 1 aromatic heterocycles. The first-order valence-electron chi connectivity index (χ1n) is 6.40. The van der Waals surface area contributed by atoms with Crippen LogP contribution in [0.1, 0.15) is 47.9 Å². The maximum Gasteiger partial charge on any atom is 0.253 e. The van der Waals surface area contributed by atoms with E-state index >= 15 is 0 Å². The van der Waals surface area contributed by atoms with Crippen LogP contribution in [0.25, 0.3) is 0 Å². The van der Waals surface area contributed by atoms with E-state index in [4.69, 9.17) is 11.6 Å². The fourth-order valence-electron chi connectivity index (χ4n) is 2.30. The molecule has 0 saturated heterocycles. The molecule has 4 nitrogen and oxygen atoms in total. The Balaban J connectivity index is 2.15. The Kier molecular flexibility index (Phi) is 4.17. The fraction of sp³-hybridized carbons (Fsp3) is 0.615. The predicted octanol–water partition coefficient (Wildman–Crippen LogP) is 2.24. The van der Waals surface area contributed by atoms with Crippen LogP contribution in [0.5, 0.6) is 0 Å². The highest BCUT2D eigenvalue weighted by Gasteiger charge is 2.27. The van der Waals surface area contributed by atoms with Crippen LogP contribution in [-0.2, 0) is 6.42 Å². The number of carbonyl (C=O) groups excluding carboxylic acids is 1. The van der Waals surface area contributed by atoms with Gasteiger partial charge < -0.3 is 5.32 Å². The Bertz CT molecular complexity index is 450. The fourth-order valence-corrected chi connectivity index (χ4v) is 2.64. The number of carbonyl (C=O) groups is 1. The quantitative estimate of drug-likeness (QED) is 0.855. The van der Waals surface area contributed by atoms with Crippen molar-refractivity contribution in [3.05, 3.63) is 23.0 Å². The lowest BCUT2D eigenvalue weighted by atomic mass is 10.1. The molecular formula is C13H18ClN3O. The van der Waals surface area contributed by atoms with Crippen LogP contribution in [-0.4, -0.2) is 27.5 Å². The minimum atomic E-state index is -0.0811. The summed E-state index contributed by atoms with van der Waals surface area (Å²) in [5.74, 6) is -0.0811. The third kappa shape index (κ3) is 2.80. The molecule has 2 unspecified atom stereocenters. The number of nitrogens with zero attached hydrogens (tertiary/aromatic N) is 2. The van der Waals surface area contributed by atoms with Gasteiger partial charge in [0.2, 0.25) is 0 Å². The molecule has 1 amide bonds. The van der Waals surface area contributed by atoms with Gasteiger partial charge in [0, 0.05) is 6.04 Å². The number of hydrogen-bond donors (Lipinski definition) is 1. The summed E-state index contributed by atoms with van der Waals surface area (Å²) in [6.45, 7) is 3.80. The van der Waals surface area contributed by atoms with Gasteiger partial charge >= 0.3 is 0 Å². The maximum absolute atomic E-state index is 12.2. The summed E-state index contributed by atoms with van der Waals surface area (Å²) in [4.78, 5) is 12.2. The predicted molar refractivity (Wildman–Crippen MR) is 70.9 cm³/mol. The Morgan fingerprint density at radius 1 is 1.50 bits per heavy atom. The van der Waals surface area contributed by atoms with Crippen molar-refractivity contribution < 1.29 is 4.79 Å². The zero-order valence-electron chi connectivity index (χ0n) is 10.7. The smallest absolute Gasteiger partial charge is 0.253 e. The van der Waals surface area contributed by atoms with Crippen LogP contribution in [0, 0.1) is 6.92 Å². The van der Waals surface area contributed by atoms with Crippen LogP contribution in [0.4, 0.5) is 0 Å². The molecule has 0 bridgehead atoms. The van der Waals surface area contributed by atoms with Crippen molar-refractivity contribution in [2.75, 3.05) is 0 Å². The number of amides is 1. The van der Waals surface area contributed by atoms with Gasteiger partial charge in [0.15, 0.2) is 0 Å². The molecule has 98 valence electrons. The van der Waals surface area contributed by atoms with Crippen LogP contribution >= 0.6 is 11.6 Å². The highest BCUT2D eigenvalue weighted by atomic mass is 35.5. The lowest BCUT2D eigenvalue weighted by Gasteiger charge is -2.16. The van der Waals surface area contributed by atoms with E-state index in [0.717, 1.165) is 30.7 Å². The molecule has 1 aromatic rings. The van der Waals surface area contributed by atoms with Crippen molar-refractivity contribution in [1.82, 2.24) is 15.5 Å². The van der Waals surface area contributed by atoms with Gasteiger partial charge in [-0.15, -0.1) is 11.6 Å². The van der Waals surface area contributed by atoms with Crippen LogP contribution in [0.3, 0.4) is 0 Å². The van der Waals surface area contributed by atoms with Crippen molar-refractivity contribution in [2.24, 2.45) is 0 Å². The maximum atomic E-state index is 12.2. The van der Waals surface area contributed by atoms with Gasteiger partial charge in [0.05, 0.1) is 22.3 Å². The van der Waals surface area contributed by atoms with Crippen LogP contribution < -0.4 is 5.32 Å². The second kappa shape index (κ2) is 5.65.